The van der Waals surface area contributed by atoms with Crippen molar-refractivity contribution in [1.82, 2.24) is 0 Å². The van der Waals surface area contributed by atoms with Gasteiger partial charge in [0, 0.05) is 5.56 Å². The molecule has 0 aliphatic carbocycles. The Hall–Kier alpha value is -2.62. The average Bonchev–Trinajstić information content (AvgIpc) is 2.84. The van der Waals surface area contributed by atoms with Crippen molar-refractivity contribution in [3.63, 3.8) is 0 Å². The zero-order valence-corrected chi connectivity index (χ0v) is 10.8. The maximum Gasteiger partial charge on any atom is 0.224 e. The van der Waals surface area contributed by atoms with Gasteiger partial charge in [-0.1, -0.05) is 12.1 Å². The van der Waals surface area contributed by atoms with Crippen molar-refractivity contribution in [2.45, 2.75) is 6.10 Å². The molecule has 1 aliphatic rings. The van der Waals surface area contributed by atoms with Crippen LogP contribution in [0.15, 0.2) is 48.5 Å². The smallest absolute Gasteiger partial charge is 0.224 e. The Balaban J connectivity index is 1.87. The van der Waals surface area contributed by atoms with Crippen LogP contribution in [0.4, 0.5) is 0 Å². The molecule has 1 atom stereocenters. The molecule has 2 aromatic rings. The van der Waals surface area contributed by atoms with Crippen molar-refractivity contribution in [2.75, 3.05) is 7.11 Å². The number of ketones is 2. The van der Waals surface area contributed by atoms with Crippen molar-refractivity contribution in [3.8, 4) is 11.5 Å². The number of hydrogen-bond donors (Lipinski definition) is 0. The maximum absolute atomic E-state index is 12.3. The first-order valence-electron chi connectivity index (χ1n) is 6.19. The summed E-state index contributed by atoms with van der Waals surface area (Å²) in [6, 6.07) is 13.5. The number of ether oxygens (including phenoxy) is 2. The summed E-state index contributed by atoms with van der Waals surface area (Å²) in [5.41, 5.74) is 0.885. The lowest BCUT2D eigenvalue weighted by molar-refractivity contribution is 0.0720. The van der Waals surface area contributed by atoms with Gasteiger partial charge in [0.15, 0.2) is 0 Å². The van der Waals surface area contributed by atoms with Crippen molar-refractivity contribution >= 4 is 11.6 Å². The molecule has 2 aromatic carbocycles. The molecular formula is C16H12O4. The Labute approximate surface area is 115 Å². The highest BCUT2D eigenvalue weighted by Gasteiger charge is 2.37. The summed E-state index contributed by atoms with van der Waals surface area (Å²) >= 11 is 0. The van der Waals surface area contributed by atoms with E-state index < -0.39 is 6.10 Å². The second-order valence-electron chi connectivity index (χ2n) is 4.45. The quantitative estimate of drug-likeness (QED) is 0.634. The zero-order chi connectivity index (χ0) is 14.1. The molecule has 0 fully saturated rings. The molecule has 0 N–H and O–H groups in total. The Morgan fingerprint density at radius 3 is 2.45 bits per heavy atom. The van der Waals surface area contributed by atoms with Gasteiger partial charge in [-0.15, -0.1) is 0 Å². The lowest BCUT2D eigenvalue weighted by Gasteiger charge is -2.08. The fourth-order valence-corrected chi connectivity index (χ4v) is 2.17. The van der Waals surface area contributed by atoms with E-state index >= 15 is 0 Å². The monoisotopic (exact) mass is 268 g/mol. The Kier molecular flexibility index (Phi) is 2.99. The summed E-state index contributed by atoms with van der Waals surface area (Å²) in [7, 11) is 1.55. The number of carbonyl (C=O) groups is 2. The number of carbonyl (C=O) groups excluding carboxylic acids is 2. The van der Waals surface area contributed by atoms with Crippen LogP contribution in [0.1, 0.15) is 20.7 Å². The number of benzene rings is 2. The molecule has 0 radical (unpaired) electrons. The van der Waals surface area contributed by atoms with E-state index in [1.54, 1.807) is 55.6 Å². The van der Waals surface area contributed by atoms with Crippen molar-refractivity contribution in [1.29, 1.82) is 0 Å². The predicted octanol–water partition coefficient (Wildman–Crippen LogP) is 2.52. The van der Waals surface area contributed by atoms with E-state index in [0.717, 1.165) is 0 Å². The maximum atomic E-state index is 12.3. The van der Waals surface area contributed by atoms with E-state index in [0.29, 0.717) is 22.6 Å². The predicted molar refractivity (Wildman–Crippen MR) is 72.5 cm³/mol. The first-order chi connectivity index (χ1) is 9.70. The summed E-state index contributed by atoms with van der Waals surface area (Å²) in [6.45, 7) is 0. The molecule has 1 aliphatic heterocycles. The van der Waals surface area contributed by atoms with E-state index in [1.807, 2.05) is 0 Å². The molecule has 100 valence electrons. The molecular weight excluding hydrogens is 256 g/mol. The van der Waals surface area contributed by atoms with Gasteiger partial charge in [-0.25, -0.2) is 0 Å². The van der Waals surface area contributed by atoms with Gasteiger partial charge >= 0.3 is 0 Å². The van der Waals surface area contributed by atoms with E-state index in [-0.39, 0.29) is 11.6 Å². The molecule has 4 heteroatoms. The normalized spacial score (nSPS) is 16.4. The molecule has 0 bridgehead atoms. The molecule has 1 heterocycles. The van der Waals surface area contributed by atoms with Gasteiger partial charge in [0.25, 0.3) is 0 Å². The van der Waals surface area contributed by atoms with Gasteiger partial charge in [0.2, 0.25) is 17.7 Å². The first kappa shape index (κ1) is 12.4. The summed E-state index contributed by atoms with van der Waals surface area (Å²) in [5, 5.41) is 0. The molecule has 4 nitrogen and oxygen atoms in total. The topological polar surface area (TPSA) is 52.6 Å². The van der Waals surface area contributed by atoms with Crippen LogP contribution in [0.25, 0.3) is 0 Å². The second-order valence-corrected chi connectivity index (χ2v) is 4.45. The minimum atomic E-state index is -1.08. The highest BCUT2D eigenvalue weighted by Crippen LogP contribution is 2.29. The van der Waals surface area contributed by atoms with Crippen LogP contribution < -0.4 is 9.47 Å². The number of rotatable bonds is 3. The van der Waals surface area contributed by atoms with Crippen LogP contribution in [0.5, 0.6) is 11.5 Å². The molecule has 1 unspecified atom stereocenters. The van der Waals surface area contributed by atoms with E-state index in [4.69, 9.17) is 9.47 Å². The highest BCUT2D eigenvalue weighted by atomic mass is 16.5. The fourth-order valence-electron chi connectivity index (χ4n) is 2.17. The van der Waals surface area contributed by atoms with Crippen LogP contribution in [-0.4, -0.2) is 24.8 Å². The van der Waals surface area contributed by atoms with Crippen molar-refractivity contribution < 1.29 is 19.1 Å². The van der Waals surface area contributed by atoms with Crippen LogP contribution in [0.2, 0.25) is 0 Å². The van der Waals surface area contributed by atoms with Gasteiger partial charge in [-0.2, -0.15) is 0 Å². The number of Topliss-reactive ketones (excluding diaryl/α,β-unsaturated/α-hetero) is 2. The molecule has 0 amide bonds. The van der Waals surface area contributed by atoms with Crippen LogP contribution in [-0.2, 0) is 0 Å². The van der Waals surface area contributed by atoms with Gasteiger partial charge in [-0.3, -0.25) is 9.59 Å². The number of para-hydroxylation sites is 1. The molecule has 20 heavy (non-hydrogen) atoms. The van der Waals surface area contributed by atoms with Crippen molar-refractivity contribution in [2.24, 2.45) is 0 Å². The molecule has 0 aromatic heterocycles. The number of fused-ring (bicyclic) bond motifs is 1. The molecule has 0 saturated heterocycles. The lowest BCUT2D eigenvalue weighted by atomic mass is 10.0. The minimum absolute atomic E-state index is 0.290. The minimum Gasteiger partial charge on any atom is -0.497 e. The fraction of sp³-hybridized carbons (Fsp3) is 0.125. The third-order valence-corrected chi connectivity index (χ3v) is 3.25. The van der Waals surface area contributed by atoms with Gasteiger partial charge in [-0.05, 0) is 36.4 Å². The number of methoxy groups -OCH3 is 1. The average molecular weight is 268 g/mol. The molecule has 3 rings (SSSR count). The summed E-state index contributed by atoms with van der Waals surface area (Å²) in [6.07, 6.45) is -1.08. The summed E-state index contributed by atoms with van der Waals surface area (Å²) in [5.74, 6) is 0.489. The summed E-state index contributed by atoms with van der Waals surface area (Å²) < 4.78 is 10.5. The van der Waals surface area contributed by atoms with Gasteiger partial charge in [0.1, 0.15) is 11.5 Å². The van der Waals surface area contributed by atoms with E-state index in [9.17, 15) is 9.59 Å². The Bertz CT molecular complexity index is 673. The van der Waals surface area contributed by atoms with Crippen LogP contribution in [0, 0.1) is 0 Å². The van der Waals surface area contributed by atoms with E-state index in [1.165, 1.54) is 0 Å². The van der Waals surface area contributed by atoms with Crippen molar-refractivity contribution in [3.05, 3.63) is 59.7 Å². The molecule has 0 saturated carbocycles. The number of hydrogen-bond acceptors (Lipinski definition) is 4. The van der Waals surface area contributed by atoms with Gasteiger partial charge < -0.3 is 9.47 Å². The standard InChI is InChI=1S/C16H12O4/c1-19-11-8-6-10(7-9-11)14(17)16-15(18)12-4-2-3-5-13(12)20-16/h2-9,16H,1H3. The Morgan fingerprint density at radius 2 is 1.80 bits per heavy atom. The zero-order valence-electron chi connectivity index (χ0n) is 10.8. The lowest BCUT2D eigenvalue weighted by Crippen LogP contribution is -2.30. The highest BCUT2D eigenvalue weighted by molar-refractivity contribution is 6.21. The third kappa shape index (κ3) is 1.95. The van der Waals surface area contributed by atoms with Crippen LogP contribution in [0.3, 0.4) is 0 Å². The third-order valence-electron chi connectivity index (χ3n) is 3.25. The van der Waals surface area contributed by atoms with E-state index in [2.05, 4.69) is 0 Å². The SMILES string of the molecule is COc1ccc(C(=O)C2Oc3ccccc3C2=O)cc1. The Morgan fingerprint density at radius 1 is 1.10 bits per heavy atom. The van der Waals surface area contributed by atoms with Gasteiger partial charge in [0.05, 0.1) is 12.7 Å². The second kappa shape index (κ2) is 4.81. The largest absolute Gasteiger partial charge is 0.497 e. The summed E-state index contributed by atoms with van der Waals surface area (Å²) in [4.78, 5) is 24.5. The van der Waals surface area contributed by atoms with Crippen LogP contribution >= 0.6 is 0 Å². The molecule has 0 spiro atoms. The first-order valence-corrected chi connectivity index (χ1v) is 6.19.